The lowest BCUT2D eigenvalue weighted by Crippen LogP contribution is -2.41. The van der Waals surface area contributed by atoms with Crippen LogP contribution in [0.3, 0.4) is 0 Å². The van der Waals surface area contributed by atoms with E-state index in [1.165, 1.54) is 7.11 Å². The first-order chi connectivity index (χ1) is 9.80. The highest BCUT2D eigenvalue weighted by Crippen LogP contribution is 2.10. The zero-order chi connectivity index (χ0) is 15.9. The number of ether oxygens (including phenoxy) is 2. The molecule has 5 nitrogen and oxygen atoms in total. The van der Waals surface area contributed by atoms with Crippen molar-refractivity contribution in [3.8, 4) is 0 Å². The Morgan fingerprint density at radius 3 is 2.33 bits per heavy atom. The fourth-order valence-electron chi connectivity index (χ4n) is 1.83. The minimum Gasteiger partial charge on any atom is -0.469 e. The maximum Gasteiger partial charge on any atom is 0.407 e. The fraction of sp³-hybridized carbons (Fsp3) is 0.500. The number of rotatable bonds is 5. The van der Waals surface area contributed by atoms with Crippen LogP contribution in [0.5, 0.6) is 0 Å². The molecule has 1 aromatic rings. The molecule has 0 fully saturated rings. The molecule has 0 heterocycles. The zero-order valence-electron chi connectivity index (χ0n) is 13.0. The van der Waals surface area contributed by atoms with Crippen LogP contribution in [0.15, 0.2) is 30.3 Å². The van der Waals surface area contributed by atoms with Crippen LogP contribution in [0, 0.1) is 0 Å². The smallest absolute Gasteiger partial charge is 0.407 e. The Kier molecular flexibility index (Phi) is 6.21. The molecule has 0 saturated heterocycles. The molecule has 5 heteroatoms. The topological polar surface area (TPSA) is 64.6 Å². The van der Waals surface area contributed by atoms with Crippen LogP contribution in [-0.4, -0.2) is 30.8 Å². The average molecular weight is 293 g/mol. The van der Waals surface area contributed by atoms with E-state index in [4.69, 9.17) is 4.74 Å². The van der Waals surface area contributed by atoms with Gasteiger partial charge in [-0.15, -0.1) is 0 Å². The second-order valence-corrected chi connectivity index (χ2v) is 5.81. The summed E-state index contributed by atoms with van der Waals surface area (Å²) in [5, 5.41) is 2.73. The van der Waals surface area contributed by atoms with Crippen LogP contribution >= 0.6 is 0 Å². The molecule has 1 amide bonds. The molecular formula is C16H23NO4. The lowest BCUT2D eigenvalue weighted by atomic mass is 10.0. The van der Waals surface area contributed by atoms with Gasteiger partial charge in [0.15, 0.2) is 0 Å². The van der Waals surface area contributed by atoms with Gasteiger partial charge in [-0.2, -0.15) is 0 Å². The first-order valence-electron chi connectivity index (χ1n) is 6.90. The lowest BCUT2D eigenvalue weighted by Gasteiger charge is -2.23. The van der Waals surface area contributed by atoms with Gasteiger partial charge in [-0.1, -0.05) is 30.3 Å². The number of carbonyl (C=O) groups excluding carboxylic acids is 2. The SMILES string of the molecule is COC(=O)C[C@H](Cc1ccccc1)NC(=O)OC(C)(C)C. The van der Waals surface area contributed by atoms with E-state index in [-0.39, 0.29) is 18.4 Å². The largest absolute Gasteiger partial charge is 0.469 e. The Morgan fingerprint density at radius 1 is 1.19 bits per heavy atom. The number of benzene rings is 1. The average Bonchev–Trinajstić information content (AvgIpc) is 2.37. The number of esters is 1. The number of carbonyl (C=O) groups is 2. The van der Waals surface area contributed by atoms with Crippen molar-refractivity contribution in [3.63, 3.8) is 0 Å². The first-order valence-corrected chi connectivity index (χ1v) is 6.90. The Labute approximate surface area is 125 Å². The van der Waals surface area contributed by atoms with E-state index in [1.807, 2.05) is 30.3 Å². The van der Waals surface area contributed by atoms with E-state index in [0.717, 1.165) is 5.56 Å². The highest BCUT2D eigenvalue weighted by Gasteiger charge is 2.21. The van der Waals surface area contributed by atoms with Crippen LogP contribution in [-0.2, 0) is 20.7 Å². The molecule has 0 spiro atoms. The van der Waals surface area contributed by atoms with Crippen molar-refractivity contribution < 1.29 is 19.1 Å². The molecule has 1 aromatic carbocycles. The van der Waals surface area contributed by atoms with Crippen molar-refractivity contribution in [1.82, 2.24) is 5.32 Å². The molecule has 0 aromatic heterocycles. The summed E-state index contributed by atoms with van der Waals surface area (Å²) in [6.07, 6.45) is 0.104. The van der Waals surface area contributed by atoms with E-state index in [1.54, 1.807) is 20.8 Å². The zero-order valence-corrected chi connectivity index (χ0v) is 13.0. The summed E-state index contributed by atoms with van der Waals surface area (Å²) in [4.78, 5) is 23.3. The van der Waals surface area contributed by atoms with Gasteiger partial charge in [0.2, 0.25) is 0 Å². The van der Waals surface area contributed by atoms with Crippen molar-refractivity contribution in [2.24, 2.45) is 0 Å². The van der Waals surface area contributed by atoms with Gasteiger partial charge in [0.1, 0.15) is 5.60 Å². The highest BCUT2D eigenvalue weighted by molar-refractivity contribution is 5.72. The predicted molar refractivity (Wildman–Crippen MR) is 79.9 cm³/mol. The first kappa shape index (κ1) is 17.0. The summed E-state index contributed by atoms with van der Waals surface area (Å²) in [7, 11) is 1.33. The molecule has 0 bridgehead atoms. The second kappa shape index (κ2) is 7.67. The van der Waals surface area contributed by atoms with E-state index >= 15 is 0 Å². The Balaban J connectivity index is 2.68. The number of alkyl carbamates (subject to hydrolysis) is 1. The third-order valence-electron chi connectivity index (χ3n) is 2.69. The fourth-order valence-corrected chi connectivity index (χ4v) is 1.83. The second-order valence-electron chi connectivity index (χ2n) is 5.81. The van der Waals surface area contributed by atoms with Crippen molar-refractivity contribution in [2.45, 2.75) is 45.3 Å². The van der Waals surface area contributed by atoms with Crippen LogP contribution in [0.4, 0.5) is 4.79 Å². The highest BCUT2D eigenvalue weighted by atomic mass is 16.6. The molecule has 0 radical (unpaired) electrons. The van der Waals surface area contributed by atoms with Gasteiger partial charge in [0, 0.05) is 6.04 Å². The lowest BCUT2D eigenvalue weighted by molar-refractivity contribution is -0.141. The van der Waals surface area contributed by atoms with Gasteiger partial charge in [0.25, 0.3) is 0 Å². The van der Waals surface area contributed by atoms with E-state index in [9.17, 15) is 9.59 Å². The molecule has 0 saturated carbocycles. The van der Waals surface area contributed by atoms with Crippen molar-refractivity contribution in [1.29, 1.82) is 0 Å². The summed E-state index contributed by atoms with van der Waals surface area (Å²) < 4.78 is 9.89. The third-order valence-corrected chi connectivity index (χ3v) is 2.69. The summed E-state index contributed by atoms with van der Waals surface area (Å²) in [5.74, 6) is -0.369. The standard InChI is InChI=1S/C16H23NO4/c1-16(2,3)21-15(19)17-13(11-14(18)20-4)10-12-8-6-5-7-9-12/h5-9,13H,10-11H2,1-4H3,(H,17,19)/t13-/m0/s1. The summed E-state index contributed by atoms with van der Waals surface area (Å²) in [6, 6.07) is 9.27. The molecule has 1 atom stereocenters. The number of nitrogens with one attached hydrogen (secondary N) is 1. The minimum atomic E-state index is -0.577. The summed E-state index contributed by atoms with van der Waals surface area (Å²) in [6.45, 7) is 5.37. The van der Waals surface area contributed by atoms with Crippen molar-refractivity contribution >= 4 is 12.1 Å². The molecule has 0 unspecified atom stereocenters. The van der Waals surface area contributed by atoms with Crippen molar-refractivity contribution in [3.05, 3.63) is 35.9 Å². The Hall–Kier alpha value is -2.04. The van der Waals surface area contributed by atoms with Gasteiger partial charge in [-0.05, 0) is 32.8 Å². The van der Waals surface area contributed by atoms with Crippen LogP contribution in [0.2, 0.25) is 0 Å². The molecule has 21 heavy (non-hydrogen) atoms. The maximum atomic E-state index is 11.8. The van der Waals surface area contributed by atoms with E-state index < -0.39 is 11.7 Å². The molecule has 1 rings (SSSR count). The Bertz CT molecular complexity index is 465. The molecule has 0 aliphatic carbocycles. The molecular weight excluding hydrogens is 270 g/mol. The van der Waals surface area contributed by atoms with Crippen LogP contribution < -0.4 is 5.32 Å². The summed E-state index contributed by atoms with van der Waals surface area (Å²) >= 11 is 0. The predicted octanol–water partition coefficient (Wildman–Crippen LogP) is 2.69. The Morgan fingerprint density at radius 2 is 1.81 bits per heavy atom. The quantitative estimate of drug-likeness (QED) is 0.848. The van der Waals surface area contributed by atoms with Gasteiger partial charge in [-0.3, -0.25) is 4.79 Å². The molecule has 116 valence electrons. The third kappa shape index (κ3) is 7.34. The monoisotopic (exact) mass is 293 g/mol. The molecule has 0 aliphatic rings. The molecule has 0 aliphatic heterocycles. The number of methoxy groups -OCH3 is 1. The van der Waals surface area contributed by atoms with Crippen LogP contribution in [0.1, 0.15) is 32.8 Å². The minimum absolute atomic E-state index is 0.102. The maximum absolute atomic E-state index is 11.8. The van der Waals surface area contributed by atoms with E-state index in [2.05, 4.69) is 10.1 Å². The number of amides is 1. The van der Waals surface area contributed by atoms with Crippen molar-refractivity contribution in [2.75, 3.05) is 7.11 Å². The number of hydrogen-bond donors (Lipinski definition) is 1. The normalized spacial score (nSPS) is 12.4. The van der Waals surface area contributed by atoms with Crippen LogP contribution in [0.25, 0.3) is 0 Å². The van der Waals surface area contributed by atoms with Gasteiger partial charge in [0.05, 0.1) is 13.5 Å². The molecule has 1 N–H and O–H groups in total. The van der Waals surface area contributed by atoms with Gasteiger partial charge < -0.3 is 14.8 Å². The van der Waals surface area contributed by atoms with Gasteiger partial charge in [-0.25, -0.2) is 4.79 Å². The number of hydrogen-bond acceptors (Lipinski definition) is 4. The van der Waals surface area contributed by atoms with E-state index in [0.29, 0.717) is 6.42 Å². The van der Waals surface area contributed by atoms with Gasteiger partial charge >= 0.3 is 12.1 Å². The summed E-state index contributed by atoms with van der Waals surface area (Å²) in [5.41, 5.74) is 0.453.